The lowest BCUT2D eigenvalue weighted by Gasteiger charge is -2.12. The van der Waals surface area contributed by atoms with Crippen molar-refractivity contribution in [2.45, 2.75) is 26.6 Å². The molecule has 1 heterocycles. The topological polar surface area (TPSA) is 38.3 Å². The van der Waals surface area contributed by atoms with Gasteiger partial charge in [0.1, 0.15) is 12.4 Å². The van der Waals surface area contributed by atoms with Crippen LogP contribution in [0.2, 0.25) is 0 Å². The van der Waals surface area contributed by atoms with E-state index in [-0.39, 0.29) is 12.3 Å². The minimum atomic E-state index is -4.54. The molecule has 0 fully saturated rings. The van der Waals surface area contributed by atoms with E-state index in [2.05, 4.69) is 5.32 Å². The summed E-state index contributed by atoms with van der Waals surface area (Å²) in [6.45, 7) is 4.28. The largest absolute Gasteiger partial charge is 0.489 e. The van der Waals surface area contributed by atoms with Gasteiger partial charge in [0, 0.05) is 5.56 Å². The summed E-state index contributed by atoms with van der Waals surface area (Å²) in [6.07, 6.45) is -4.54. The first kappa shape index (κ1) is 19.9. The first-order chi connectivity index (χ1) is 13.2. The fourth-order valence-electron chi connectivity index (χ4n) is 2.56. The Balaban J connectivity index is 1.67. The molecule has 0 saturated carbocycles. The van der Waals surface area contributed by atoms with E-state index in [9.17, 15) is 18.0 Å². The van der Waals surface area contributed by atoms with Gasteiger partial charge >= 0.3 is 6.18 Å². The lowest BCUT2D eigenvalue weighted by Crippen LogP contribution is -2.15. The molecule has 1 aromatic heterocycles. The highest BCUT2D eigenvalue weighted by molar-refractivity contribution is 7.12. The van der Waals surface area contributed by atoms with E-state index in [1.165, 1.54) is 23.8 Å². The second-order valence-corrected chi connectivity index (χ2v) is 7.26. The first-order valence-electron chi connectivity index (χ1n) is 8.49. The van der Waals surface area contributed by atoms with Crippen molar-refractivity contribution in [2.24, 2.45) is 0 Å². The quantitative estimate of drug-likeness (QED) is 0.548. The second kappa shape index (κ2) is 8.06. The van der Waals surface area contributed by atoms with Crippen LogP contribution in [0.25, 0.3) is 0 Å². The van der Waals surface area contributed by atoms with Gasteiger partial charge in [-0.15, -0.1) is 11.3 Å². The van der Waals surface area contributed by atoms with Crippen molar-refractivity contribution in [3.05, 3.63) is 81.0 Å². The molecule has 0 bridgehead atoms. The van der Waals surface area contributed by atoms with Gasteiger partial charge in [-0.3, -0.25) is 4.79 Å². The molecular formula is C21H18F3NO2S. The number of nitrogens with one attached hydrogen (secondary N) is 1. The summed E-state index contributed by atoms with van der Waals surface area (Å²) in [5.74, 6) is 0.138. The second-order valence-electron chi connectivity index (χ2n) is 6.35. The first-order valence-corrected chi connectivity index (χ1v) is 9.37. The Labute approximate surface area is 164 Å². The summed E-state index contributed by atoms with van der Waals surface area (Å²) in [6, 6.07) is 12.3. The molecule has 0 aliphatic rings. The Kier molecular flexibility index (Phi) is 5.74. The van der Waals surface area contributed by atoms with Crippen molar-refractivity contribution in [1.29, 1.82) is 0 Å². The van der Waals surface area contributed by atoms with Gasteiger partial charge in [-0.1, -0.05) is 18.2 Å². The van der Waals surface area contributed by atoms with E-state index in [0.29, 0.717) is 4.88 Å². The van der Waals surface area contributed by atoms with Gasteiger partial charge in [0.05, 0.1) is 16.1 Å². The number of thiophene rings is 1. The zero-order valence-electron chi connectivity index (χ0n) is 15.3. The predicted molar refractivity (Wildman–Crippen MR) is 104 cm³/mol. The number of ether oxygens (including phenoxy) is 1. The molecule has 0 spiro atoms. The zero-order valence-corrected chi connectivity index (χ0v) is 16.1. The number of anilines is 1. The van der Waals surface area contributed by atoms with Crippen molar-refractivity contribution in [3.8, 4) is 5.75 Å². The summed E-state index contributed by atoms with van der Waals surface area (Å²) < 4.78 is 44.9. The zero-order chi connectivity index (χ0) is 20.3. The van der Waals surface area contributed by atoms with Crippen LogP contribution in [0.3, 0.4) is 0 Å². The summed E-state index contributed by atoms with van der Waals surface area (Å²) >= 11 is 1.16. The number of carbonyl (C=O) groups excluding carboxylic acids is 1. The number of aryl methyl sites for hydroxylation is 2. The van der Waals surface area contributed by atoms with E-state index in [0.717, 1.165) is 34.3 Å². The van der Waals surface area contributed by atoms with Crippen LogP contribution in [0.15, 0.2) is 53.9 Å². The lowest BCUT2D eigenvalue weighted by molar-refractivity contribution is -0.136. The van der Waals surface area contributed by atoms with E-state index in [1.54, 1.807) is 11.4 Å². The molecule has 0 aliphatic carbocycles. The summed E-state index contributed by atoms with van der Waals surface area (Å²) in [4.78, 5) is 12.7. The predicted octanol–water partition coefficient (Wildman–Crippen LogP) is 6.22. The number of carbonyl (C=O) groups is 1. The van der Waals surface area contributed by atoms with Crippen LogP contribution >= 0.6 is 11.3 Å². The Hall–Kier alpha value is -2.80. The van der Waals surface area contributed by atoms with Crippen molar-refractivity contribution in [1.82, 2.24) is 0 Å². The third-order valence-electron chi connectivity index (χ3n) is 4.24. The molecule has 1 amide bonds. The minimum absolute atomic E-state index is 0.263. The van der Waals surface area contributed by atoms with Crippen LogP contribution in [-0.2, 0) is 12.8 Å². The van der Waals surface area contributed by atoms with Gasteiger partial charge in [0.25, 0.3) is 5.91 Å². The van der Waals surface area contributed by atoms with Gasteiger partial charge < -0.3 is 10.1 Å². The molecule has 0 aliphatic heterocycles. The fraction of sp³-hybridized carbons (Fsp3) is 0.190. The number of hydrogen-bond acceptors (Lipinski definition) is 3. The minimum Gasteiger partial charge on any atom is -0.489 e. The van der Waals surface area contributed by atoms with Crippen LogP contribution in [0.4, 0.5) is 18.9 Å². The van der Waals surface area contributed by atoms with Crippen LogP contribution in [0, 0.1) is 13.8 Å². The van der Waals surface area contributed by atoms with E-state index in [4.69, 9.17) is 4.74 Å². The highest BCUT2D eigenvalue weighted by Gasteiger charge is 2.33. The summed E-state index contributed by atoms with van der Waals surface area (Å²) in [5, 5.41) is 4.10. The number of amides is 1. The van der Waals surface area contributed by atoms with Gasteiger partial charge in [-0.05, 0) is 60.7 Å². The van der Waals surface area contributed by atoms with E-state index in [1.807, 2.05) is 32.0 Å². The van der Waals surface area contributed by atoms with E-state index < -0.39 is 17.6 Å². The lowest BCUT2D eigenvalue weighted by atomic mass is 10.1. The fourth-order valence-corrected chi connectivity index (χ4v) is 3.36. The summed E-state index contributed by atoms with van der Waals surface area (Å²) in [5.41, 5.74) is 1.92. The average molecular weight is 405 g/mol. The molecule has 28 heavy (non-hydrogen) atoms. The van der Waals surface area contributed by atoms with Crippen LogP contribution in [-0.4, -0.2) is 5.91 Å². The Morgan fingerprint density at radius 1 is 1.07 bits per heavy atom. The Morgan fingerprint density at radius 3 is 2.54 bits per heavy atom. The summed E-state index contributed by atoms with van der Waals surface area (Å²) in [7, 11) is 0. The monoisotopic (exact) mass is 405 g/mol. The Bertz CT molecular complexity index is 995. The molecule has 0 unspecified atom stereocenters. The number of alkyl halides is 3. The van der Waals surface area contributed by atoms with Crippen LogP contribution < -0.4 is 10.1 Å². The molecule has 3 rings (SSSR count). The maximum Gasteiger partial charge on any atom is 0.418 e. The van der Waals surface area contributed by atoms with Crippen LogP contribution in [0.1, 0.15) is 31.9 Å². The van der Waals surface area contributed by atoms with Gasteiger partial charge in [0.2, 0.25) is 0 Å². The van der Waals surface area contributed by atoms with E-state index >= 15 is 0 Å². The number of hydrogen-bond donors (Lipinski definition) is 1. The highest BCUT2D eigenvalue weighted by atomic mass is 32.1. The molecule has 146 valence electrons. The smallest absolute Gasteiger partial charge is 0.418 e. The molecule has 0 radical (unpaired) electrons. The van der Waals surface area contributed by atoms with Gasteiger partial charge in [-0.2, -0.15) is 13.2 Å². The van der Waals surface area contributed by atoms with Gasteiger partial charge in [0.15, 0.2) is 0 Å². The number of para-hydroxylation sites is 1. The third-order valence-corrected chi connectivity index (χ3v) is 5.22. The molecule has 3 aromatic rings. The number of benzene rings is 2. The molecule has 3 nitrogen and oxygen atoms in total. The van der Waals surface area contributed by atoms with Crippen molar-refractivity contribution in [3.63, 3.8) is 0 Å². The molecule has 0 atom stereocenters. The highest BCUT2D eigenvalue weighted by Crippen LogP contribution is 2.35. The third kappa shape index (κ3) is 4.72. The maximum atomic E-state index is 13.1. The van der Waals surface area contributed by atoms with Crippen molar-refractivity contribution >= 4 is 22.9 Å². The van der Waals surface area contributed by atoms with Crippen molar-refractivity contribution in [2.75, 3.05) is 5.32 Å². The molecular weight excluding hydrogens is 387 g/mol. The van der Waals surface area contributed by atoms with Crippen LogP contribution in [0.5, 0.6) is 5.75 Å². The molecule has 7 heteroatoms. The number of halogens is 3. The maximum absolute atomic E-state index is 13.1. The average Bonchev–Trinajstić information content (AvgIpc) is 3.11. The Morgan fingerprint density at radius 2 is 1.82 bits per heavy atom. The van der Waals surface area contributed by atoms with Gasteiger partial charge in [-0.25, -0.2) is 0 Å². The normalized spacial score (nSPS) is 11.3. The standard InChI is InChI=1S/C21H18F3NO2S/c1-13-7-8-16(9-14(13)2)27-11-15-10-19(28-12-15)20(26)25-18-6-4-3-5-17(18)21(22,23)24/h3-10,12H,11H2,1-2H3,(H,25,26). The molecule has 1 N–H and O–H groups in total. The van der Waals surface area contributed by atoms with Crippen molar-refractivity contribution < 1.29 is 22.7 Å². The SMILES string of the molecule is Cc1ccc(OCc2csc(C(=O)Nc3ccccc3C(F)(F)F)c2)cc1C. The number of rotatable bonds is 5. The molecule has 0 saturated heterocycles. The molecule has 2 aromatic carbocycles.